The van der Waals surface area contributed by atoms with E-state index >= 15 is 4.39 Å². The van der Waals surface area contributed by atoms with Crippen molar-refractivity contribution in [2.45, 2.75) is 37.5 Å². The average molecular weight is 462 g/mol. The number of ether oxygens (including phenoxy) is 1. The third-order valence-electron chi connectivity index (χ3n) is 6.07. The largest absolute Gasteiger partial charge is 0.381 e. The molecule has 170 valence electrons. The first-order chi connectivity index (χ1) is 15.1. The zero-order chi connectivity index (χ0) is 23.0. The molecule has 0 aliphatic carbocycles. The Morgan fingerprint density at radius 2 is 1.84 bits per heavy atom. The molecule has 1 aliphatic heterocycles. The Morgan fingerprint density at radius 3 is 2.53 bits per heavy atom. The summed E-state index contributed by atoms with van der Waals surface area (Å²) in [4.78, 5) is 15.8. The van der Waals surface area contributed by atoms with Crippen molar-refractivity contribution in [3.63, 3.8) is 0 Å². The van der Waals surface area contributed by atoms with E-state index in [0.717, 1.165) is 30.7 Å². The highest BCUT2D eigenvalue weighted by atomic mass is 32.2. The molecule has 1 N–H and O–H groups in total. The van der Waals surface area contributed by atoms with Gasteiger partial charge in [0.2, 0.25) is 0 Å². The Bertz CT molecular complexity index is 1340. The molecule has 32 heavy (non-hydrogen) atoms. The number of fused-ring (bicyclic) bond motifs is 1. The van der Waals surface area contributed by atoms with E-state index in [1.165, 1.54) is 12.1 Å². The third kappa shape index (κ3) is 4.47. The fourth-order valence-electron chi connectivity index (χ4n) is 4.32. The second kappa shape index (κ2) is 8.75. The van der Waals surface area contributed by atoms with Crippen LogP contribution in [0.3, 0.4) is 0 Å². The van der Waals surface area contributed by atoms with Crippen LogP contribution in [0, 0.1) is 24.5 Å². The summed E-state index contributed by atoms with van der Waals surface area (Å²) in [6, 6.07) is 7.04. The van der Waals surface area contributed by atoms with E-state index < -0.39 is 26.9 Å². The van der Waals surface area contributed by atoms with Crippen LogP contribution >= 0.6 is 0 Å². The first-order valence-corrected chi connectivity index (χ1v) is 12.5. The number of nitrogens with one attached hydrogen (secondary N) is 1. The SMILES string of the molecule is Cc1ccc(S(C)(=O)=O)c(-c2cc(=O)c3c(F)c(CCC4CCOCC4)c(F)cc3[nH]2)c1. The van der Waals surface area contributed by atoms with Gasteiger partial charge in [0.1, 0.15) is 11.6 Å². The lowest BCUT2D eigenvalue weighted by molar-refractivity contribution is 0.0639. The molecule has 0 amide bonds. The Morgan fingerprint density at radius 1 is 1.12 bits per heavy atom. The van der Waals surface area contributed by atoms with Gasteiger partial charge in [-0.25, -0.2) is 17.2 Å². The van der Waals surface area contributed by atoms with E-state index in [9.17, 15) is 17.6 Å². The first-order valence-electron chi connectivity index (χ1n) is 10.6. The maximum atomic E-state index is 15.2. The summed E-state index contributed by atoms with van der Waals surface area (Å²) in [7, 11) is -3.58. The molecular weight excluding hydrogens is 436 g/mol. The number of pyridine rings is 1. The van der Waals surface area contributed by atoms with Crippen molar-refractivity contribution in [1.82, 2.24) is 4.98 Å². The van der Waals surface area contributed by atoms with Gasteiger partial charge < -0.3 is 9.72 Å². The van der Waals surface area contributed by atoms with Crippen molar-refractivity contribution < 1.29 is 21.9 Å². The zero-order valence-corrected chi connectivity index (χ0v) is 18.8. The van der Waals surface area contributed by atoms with E-state index in [4.69, 9.17) is 4.74 Å². The second-order valence-electron chi connectivity index (χ2n) is 8.49. The van der Waals surface area contributed by atoms with E-state index in [1.807, 2.05) is 0 Å². The van der Waals surface area contributed by atoms with Crippen molar-refractivity contribution in [1.29, 1.82) is 0 Å². The fourth-order valence-corrected chi connectivity index (χ4v) is 5.20. The molecule has 8 heteroatoms. The summed E-state index contributed by atoms with van der Waals surface area (Å²) in [5.74, 6) is -1.23. The number of halogens is 2. The topological polar surface area (TPSA) is 76.2 Å². The lowest BCUT2D eigenvalue weighted by Crippen LogP contribution is -2.17. The molecule has 2 heterocycles. The molecule has 1 fully saturated rings. The number of aromatic nitrogens is 1. The number of benzene rings is 2. The maximum absolute atomic E-state index is 15.2. The molecule has 1 aromatic heterocycles. The van der Waals surface area contributed by atoms with Gasteiger partial charge in [-0.2, -0.15) is 0 Å². The van der Waals surface area contributed by atoms with Crippen molar-refractivity contribution >= 4 is 20.7 Å². The lowest BCUT2D eigenvalue weighted by Gasteiger charge is -2.22. The van der Waals surface area contributed by atoms with Crippen molar-refractivity contribution in [2.24, 2.45) is 5.92 Å². The van der Waals surface area contributed by atoms with Gasteiger partial charge in [0.25, 0.3) is 0 Å². The summed E-state index contributed by atoms with van der Waals surface area (Å²) < 4.78 is 59.9. The normalized spacial score (nSPS) is 15.4. The van der Waals surface area contributed by atoms with Gasteiger partial charge in [0.05, 0.1) is 21.5 Å². The van der Waals surface area contributed by atoms with Gasteiger partial charge in [0.15, 0.2) is 15.3 Å². The summed E-state index contributed by atoms with van der Waals surface area (Å²) >= 11 is 0. The predicted octanol–water partition coefficient (Wildman–Crippen LogP) is 4.54. The Kier molecular flexibility index (Phi) is 6.18. The number of rotatable bonds is 5. The molecule has 0 atom stereocenters. The van der Waals surface area contributed by atoms with Crippen LogP contribution in [0.15, 0.2) is 40.0 Å². The number of hydrogen-bond donors (Lipinski definition) is 1. The highest BCUT2D eigenvalue weighted by Gasteiger charge is 2.21. The Labute approximate surface area is 185 Å². The molecule has 0 spiro atoms. The van der Waals surface area contributed by atoms with Crippen LogP contribution in [0.4, 0.5) is 8.78 Å². The molecule has 5 nitrogen and oxygen atoms in total. The highest BCUT2D eigenvalue weighted by Crippen LogP contribution is 2.30. The quantitative estimate of drug-likeness (QED) is 0.605. The van der Waals surface area contributed by atoms with Crippen molar-refractivity contribution in [2.75, 3.05) is 19.5 Å². The minimum atomic E-state index is -3.58. The Hall–Kier alpha value is -2.58. The highest BCUT2D eigenvalue weighted by molar-refractivity contribution is 7.90. The van der Waals surface area contributed by atoms with Crippen LogP contribution in [-0.4, -0.2) is 32.9 Å². The summed E-state index contributed by atoms with van der Waals surface area (Å²) in [5, 5.41) is -0.217. The lowest BCUT2D eigenvalue weighted by atomic mass is 9.92. The van der Waals surface area contributed by atoms with Crippen LogP contribution in [0.5, 0.6) is 0 Å². The van der Waals surface area contributed by atoms with Gasteiger partial charge in [0, 0.05) is 36.7 Å². The van der Waals surface area contributed by atoms with Crippen LogP contribution in [-0.2, 0) is 21.0 Å². The number of aromatic amines is 1. The number of sulfone groups is 1. The predicted molar refractivity (Wildman–Crippen MR) is 120 cm³/mol. The van der Waals surface area contributed by atoms with E-state index in [2.05, 4.69) is 4.98 Å². The van der Waals surface area contributed by atoms with Crippen LogP contribution in [0.2, 0.25) is 0 Å². The molecule has 2 aromatic carbocycles. The van der Waals surface area contributed by atoms with Gasteiger partial charge in [-0.3, -0.25) is 4.79 Å². The van der Waals surface area contributed by atoms with Crippen molar-refractivity contribution in [3.05, 3.63) is 63.3 Å². The van der Waals surface area contributed by atoms with E-state index in [-0.39, 0.29) is 39.0 Å². The summed E-state index contributed by atoms with van der Waals surface area (Å²) in [6.45, 7) is 3.10. The van der Waals surface area contributed by atoms with Crippen LogP contribution in [0.25, 0.3) is 22.2 Å². The molecular formula is C24H25F2NO4S. The monoisotopic (exact) mass is 461 g/mol. The van der Waals surface area contributed by atoms with Gasteiger partial charge in [-0.05, 0) is 56.7 Å². The zero-order valence-electron chi connectivity index (χ0n) is 18.0. The molecule has 1 saturated heterocycles. The van der Waals surface area contributed by atoms with Crippen LogP contribution < -0.4 is 5.43 Å². The van der Waals surface area contributed by atoms with Crippen LogP contribution in [0.1, 0.15) is 30.4 Å². The Balaban J connectivity index is 1.79. The van der Waals surface area contributed by atoms with E-state index in [1.54, 1.807) is 19.1 Å². The van der Waals surface area contributed by atoms with Crippen molar-refractivity contribution in [3.8, 4) is 11.3 Å². The van der Waals surface area contributed by atoms with Gasteiger partial charge >= 0.3 is 0 Å². The fraction of sp³-hybridized carbons (Fsp3) is 0.375. The number of H-pyrrole nitrogens is 1. The maximum Gasteiger partial charge on any atom is 0.192 e. The molecule has 0 saturated carbocycles. The summed E-state index contributed by atoms with van der Waals surface area (Å²) in [6.07, 6.45) is 3.62. The number of hydrogen-bond acceptors (Lipinski definition) is 4. The molecule has 0 bridgehead atoms. The minimum Gasteiger partial charge on any atom is -0.381 e. The summed E-state index contributed by atoms with van der Waals surface area (Å²) in [5.41, 5.74) is 0.554. The van der Waals surface area contributed by atoms with E-state index in [0.29, 0.717) is 25.6 Å². The first kappa shape index (κ1) is 22.6. The standard InChI is InChI=1S/C24H25F2NO4S/c1-14-3-6-22(32(2,29)30)17(11-14)19-13-21(28)23-20(27-19)12-18(25)16(24(23)26)5-4-15-7-9-31-10-8-15/h3,6,11-13,15H,4-5,7-10H2,1-2H3,(H,27,28). The number of aryl methyl sites for hydroxylation is 1. The molecule has 1 aliphatic rings. The van der Waals surface area contributed by atoms with Gasteiger partial charge in [-0.15, -0.1) is 0 Å². The molecule has 0 unspecified atom stereocenters. The minimum absolute atomic E-state index is 0.00160. The molecule has 0 radical (unpaired) electrons. The smallest absolute Gasteiger partial charge is 0.192 e. The molecule has 4 rings (SSSR count). The van der Waals surface area contributed by atoms with Gasteiger partial charge in [-0.1, -0.05) is 11.6 Å². The second-order valence-corrected chi connectivity index (χ2v) is 10.5. The third-order valence-corrected chi connectivity index (χ3v) is 7.23. The molecule has 3 aromatic rings. The average Bonchev–Trinajstić information content (AvgIpc) is 2.72.